The number of nitrogens with one attached hydrogen (secondary N) is 1. The number of hydrogen-bond acceptors (Lipinski definition) is 3. The lowest BCUT2D eigenvalue weighted by molar-refractivity contribution is -0.123. The van der Waals surface area contributed by atoms with Crippen LogP contribution < -0.4 is 5.32 Å². The number of carbonyl (C=O) groups excluding carboxylic acids is 1. The maximum atomic E-state index is 12.3. The summed E-state index contributed by atoms with van der Waals surface area (Å²) in [6, 6.07) is -0.631. The Morgan fingerprint density at radius 2 is 0.815 bits per heavy atom. The number of unbranched alkanes of at least 4 members (excludes halogenated alkanes) is 15. The first-order chi connectivity index (χ1) is 26.7. The molecule has 0 heterocycles. The Morgan fingerprint density at radius 3 is 1.22 bits per heavy atom. The molecule has 0 saturated heterocycles. The van der Waals surface area contributed by atoms with Gasteiger partial charge in [0.1, 0.15) is 0 Å². The number of aliphatic hydroxyl groups is 2. The highest BCUT2D eigenvalue weighted by Crippen LogP contribution is 2.12. The van der Waals surface area contributed by atoms with E-state index in [0.29, 0.717) is 6.42 Å². The van der Waals surface area contributed by atoms with Crippen LogP contribution in [-0.2, 0) is 4.79 Å². The Morgan fingerprint density at radius 1 is 0.463 bits per heavy atom. The minimum atomic E-state index is -0.847. The van der Waals surface area contributed by atoms with Gasteiger partial charge >= 0.3 is 0 Å². The Labute approximate surface area is 334 Å². The molecule has 0 aromatic carbocycles. The maximum Gasteiger partial charge on any atom is 0.220 e. The second-order valence-electron chi connectivity index (χ2n) is 14.4. The highest BCUT2D eigenvalue weighted by Gasteiger charge is 2.17. The molecule has 0 spiro atoms. The lowest BCUT2D eigenvalue weighted by atomic mass is 10.1. The average Bonchev–Trinajstić information content (AvgIpc) is 3.18. The van der Waals surface area contributed by atoms with Gasteiger partial charge in [-0.1, -0.05) is 200 Å². The van der Waals surface area contributed by atoms with E-state index < -0.39 is 12.1 Å². The first-order valence-electron chi connectivity index (χ1n) is 22.1. The molecule has 0 aliphatic carbocycles. The molecule has 54 heavy (non-hydrogen) atoms. The van der Waals surface area contributed by atoms with Crippen molar-refractivity contribution in [3.8, 4) is 0 Å². The first kappa shape index (κ1) is 51.0. The smallest absolute Gasteiger partial charge is 0.220 e. The zero-order valence-corrected chi connectivity index (χ0v) is 34.9. The molecular weight excluding hydrogens is 663 g/mol. The van der Waals surface area contributed by atoms with E-state index in [1.807, 2.05) is 6.08 Å². The van der Waals surface area contributed by atoms with Gasteiger partial charge in [0.15, 0.2) is 0 Å². The zero-order chi connectivity index (χ0) is 39.3. The number of rotatable bonds is 38. The van der Waals surface area contributed by atoms with Crippen LogP contribution in [0, 0.1) is 0 Å². The highest BCUT2D eigenvalue weighted by atomic mass is 16.3. The van der Waals surface area contributed by atoms with Crippen LogP contribution in [0.5, 0.6) is 0 Å². The molecular formula is C50H83NO3. The van der Waals surface area contributed by atoms with E-state index in [0.717, 1.165) is 89.9 Å². The van der Waals surface area contributed by atoms with Crippen molar-refractivity contribution in [3.05, 3.63) is 109 Å². The fraction of sp³-hybridized carbons (Fsp3) is 0.620. The minimum Gasteiger partial charge on any atom is -0.394 e. The van der Waals surface area contributed by atoms with Crippen LogP contribution in [0.2, 0.25) is 0 Å². The van der Waals surface area contributed by atoms with Gasteiger partial charge < -0.3 is 15.5 Å². The normalized spacial score (nSPS) is 14.1. The third kappa shape index (κ3) is 40.2. The molecule has 0 radical (unpaired) electrons. The molecule has 0 saturated carbocycles. The summed E-state index contributed by atoms with van der Waals surface area (Å²) in [6.07, 6.45) is 67.7. The van der Waals surface area contributed by atoms with Gasteiger partial charge in [0.25, 0.3) is 0 Å². The van der Waals surface area contributed by atoms with Gasteiger partial charge in [0.2, 0.25) is 5.91 Å². The quantitative estimate of drug-likeness (QED) is 0.0435. The Bertz CT molecular complexity index is 1070. The van der Waals surface area contributed by atoms with Crippen molar-refractivity contribution in [2.45, 2.75) is 193 Å². The van der Waals surface area contributed by atoms with Crippen molar-refractivity contribution >= 4 is 5.91 Å². The molecule has 0 aromatic heterocycles. The van der Waals surface area contributed by atoms with Crippen molar-refractivity contribution in [2.24, 2.45) is 0 Å². The summed E-state index contributed by atoms with van der Waals surface area (Å²) in [6.45, 7) is 4.14. The molecule has 2 atom stereocenters. The molecule has 0 rings (SSSR count). The zero-order valence-electron chi connectivity index (χ0n) is 34.9. The monoisotopic (exact) mass is 746 g/mol. The van der Waals surface area contributed by atoms with Gasteiger partial charge in [0, 0.05) is 6.42 Å². The van der Waals surface area contributed by atoms with Crippen LogP contribution in [0.25, 0.3) is 0 Å². The van der Waals surface area contributed by atoms with E-state index in [1.54, 1.807) is 6.08 Å². The van der Waals surface area contributed by atoms with Crippen molar-refractivity contribution in [3.63, 3.8) is 0 Å². The lowest BCUT2D eigenvalue weighted by Crippen LogP contribution is -2.45. The number of allylic oxidation sites excluding steroid dienone is 17. The maximum absolute atomic E-state index is 12.3. The van der Waals surface area contributed by atoms with Gasteiger partial charge in [-0.3, -0.25) is 4.79 Å². The van der Waals surface area contributed by atoms with E-state index in [-0.39, 0.29) is 12.5 Å². The summed E-state index contributed by atoms with van der Waals surface area (Å²) in [5, 5.41) is 22.8. The number of hydrogen-bond donors (Lipinski definition) is 3. The van der Waals surface area contributed by atoms with E-state index in [9.17, 15) is 15.0 Å². The molecule has 2 unspecified atom stereocenters. The predicted octanol–water partition coefficient (Wildman–Crippen LogP) is 14.0. The van der Waals surface area contributed by atoms with Crippen molar-refractivity contribution in [2.75, 3.05) is 6.61 Å². The topological polar surface area (TPSA) is 69.6 Å². The average molecular weight is 746 g/mol. The summed E-state index contributed by atoms with van der Waals surface area (Å²) in [7, 11) is 0. The van der Waals surface area contributed by atoms with Gasteiger partial charge in [0.05, 0.1) is 18.8 Å². The summed E-state index contributed by atoms with van der Waals surface area (Å²) in [4.78, 5) is 12.3. The molecule has 3 N–H and O–H groups in total. The van der Waals surface area contributed by atoms with E-state index in [1.165, 1.54) is 70.6 Å². The van der Waals surface area contributed by atoms with Gasteiger partial charge in [-0.25, -0.2) is 0 Å². The standard InChI is InChI=1S/C50H83NO3/c1-3-5-7-9-11-13-14-15-16-17-18-19-20-21-22-23-24-25-26-27-28-29-30-31-32-33-34-35-36-38-40-42-44-46-50(54)51-48(47-52)49(53)45-43-41-39-37-12-10-8-6-4-2/h5,7,11,13,15-16,18-19,21-22,24-25,27-28,30-31,43,45,48-49,52-53H,3-4,6,8-10,12,14,17,20,23,26,29,32-42,44,46-47H2,1-2H3,(H,51,54)/b7-5-,13-11-,16-15-,19-18-,22-21-,25-24-,28-27-,31-30-,45-43+. The molecule has 4 heteroatoms. The lowest BCUT2D eigenvalue weighted by Gasteiger charge is -2.20. The van der Waals surface area contributed by atoms with Crippen LogP contribution in [0.4, 0.5) is 0 Å². The summed E-state index contributed by atoms with van der Waals surface area (Å²) < 4.78 is 0. The van der Waals surface area contributed by atoms with Crippen molar-refractivity contribution in [1.82, 2.24) is 5.32 Å². The fourth-order valence-corrected chi connectivity index (χ4v) is 5.90. The van der Waals surface area contributed by atoms with Crippen LogP contribution >= 0.6 is 0 Å². The van der Waals surface area contributed by atoms with Crippen molar-refractivity contribution in [1.29, 1.82) is 0 Å². The third-order valence-corrected chi connectivity index (χ3v) is 9.26. The Hall–Kier alpha value is -2.95. The second kappa shape index (κ2) is 44.4. The summed E-state index contributed by atoms with van der Waals surface area (Å²) >= 11 is 0. The molecule has 1 amide bonds. The van der Waals surface area contributed by atoms with Gasteiger partial charge in [-0.2, -0.15) is 0 Å². The molecule has 306 valence electrons. The molecule has 0 aromatic rings. The predicted molar refractivity (Wildman–Crippen MR) is 239 cm³/mol. The third-order valence-electron chi connectivity index (χ3n) is 9.26. The Kier molecular flexibility index (Phi) is 42.0. The Balaban J connectivity index is 3.64. The number of carbonyl (C=O) groups is 1. The minimum absolute atomic E-state index is 0.0815. The molecule has 0 aliphatic heterocycles. The SMILES string of the molecule is CC/C=C\C/C=C\C/C=C\C/C=C\C/C=C\C/C=C\C/C=C\C/C=C\CCCCCCCCCCC(=O)NC(CO)C(O)/C=C/CCCCCCCCC. The summed E-state index contributed by atoms with van der Waals surface area (Å²) in [5.74, 6) is -0.0815. The van der Waals surface area contributed by atoms with E-state index in [4.69, 9.17) is 0 Å². The largest absolute Gasteiger partial charge is 0.394 e. The van der Waals surface area contributed by atoms with Gasteiger partial charge in [-0.15, -0.1) is 0 Å². The van der Waals surface area contributed by atoms with Gasteiger partial charge in [-0.05, 0) is 83.5 Å². The van der Waals surface area contributed by atoms with Crippen molar-refractivity contribution < 1.29 is 15.0 Å². The van der Waals surface area contributed by atoms with Crippen LogP contribution in [0.15, 0.2) is 109 Å². The number of aliphatic hydroxyl groups excluding tert-OH is 2. The second-order valence-corrected chi connectivity index (χ2v) is 14.4. The van der Waals surface area contributed by atoms with Crippen LogP contribution in [-0.4, -0.2) is 34.9 Å². The fourth-order valence-electron chi connectivity index (χ4n) is 5.90. The van der Waals surface area contributed by atoms with Crippen LogP contribution in [0.3, 0.4) is 0 Å². The highest BCUT2D eigenvalue weighted by molar-refractivity contribution is 5.76. The van der Waals surface area contributed by atoms with E-state index in [2.05, 4.69) is 116 Å². The molecule has 0 fully saturated rings. The number of amides is 1. The first-order valence-corrected chi connectivity index (χ1v) is 22.1. The van der Waals surface area contributed by atoms with Crippen LogP contribution in [0.1, 0.15) is 181 Å². The molecule has 0 bridgehead atoms. The molecule has 4 nitrogen and oxygen atoms in total. The molecule has 0 aliphatic rings. The summed E-state index contributed by atoms with van der Waals surface area (Å²) in [5.41, 5.74) is 0. The van der Waals surface area contributed by atoms with E-state index >= 15 is 0 Å².